The van der Waals surface area contributed by atoms with Gasteiger partial charge in [0.15, 0.2) is 0 Å². The number of imidazole rings is 1. The van der Waals surface area contributed by atoms with E-state index in [1.54, 1.807) is 0 Å². The highest BCUT2D eigenvalue weighted by Gasteiger charge is 2.22. The maximum absolute atomic E-state index is 4.72. The first kappa shape index (κ1) is 16.2. The number of fused-ring (bicyclic) bond motifs is 15. The summed E-state index contributed by atoms with van der Waals surface area (Å²) in [5.41, 5.74) is 2.23. The van der Waals surface area contributed by atoms with Crippen LogP contribution in [0.3, 0.4) is 0 Å². The average Bonchev–Trinajstić information content (AvgIpc) is 3.53. The molecule has 0 saturated carbocycles. The van der Waals surface area contributed by atoms with E-state index in [2.05, 4.69) is 70.2 Å². The number of pyridine rings is 2. The molecule has 5 aromatic heterocycles. The zero-order valence-electron chi connectivity index (χ0n) is 16.2. The van der Waals surface area contributed by atoms with Crippen LogP contribution in [0.5, 0.6) is 0 Å². The molecular formula is C26H13N3S2. The van der Waals surface area contributed by atoms with Crippen molar-refractivity contribution in [1.29, 1.82) is 0 Å². The largest absolute Gasteiger partial charge is 0.298 e. The van der Waals surface area contributed by atoms with Crippen molar-refractivity contribution in [3.63, 3.8) is 0 Å². The van der Waals surface area contributed by atoms with Crippen LogP contribution in [0.2, 0.25) is 0 Å². The number of rotatable bonds is 0. The maximum Gasteiger partial charge on any atom is 0.145 e. The third-order valence-corrected chi connectivity index (χ3v) is 8.70. The first-order valence-corrected chi connectivity index (χ1v) is 11.8. The Labute approximate surface area is 183 Å². The van der Waals surface area contributed by atoms with E-state index in [0.717, 1.165) is 11.0 Å². The van der Waals surface area contributed by atoms with Gasteiger partial charge in [0.1, 0.15) is 5.65 Å². The van der Waals surface area contributed by atoms with Crippen LogP contribution in [0.4, 0.5) is 0 Å². The summed E-state index contributed by atoms with van der Waals surface area (Å²) in [4.78, 5) is 9.23. The number of thiophene rings is 2. The minimum atomic E-state index is 0.990. The van der Waals surface area contributed by atoms with E-state index in [0.29, 0.717) is 0 Å². The van der Waals surface area contributed by atoms with Gasteiger partial charge in [-0.2, -0.15) is 0 Å². The Bertz CT molecular complexity index is 2010. The Morgan fingerprint density at radius 3 is 2.16 bits per heavy atom. The highest BCUT2D eigenvalue weighted by Crippen LogP contribution is 2.50. The van der Waals surface area contributed by atoms with E-state index in [1.807, 2.05) is 41.3 Å². The van der Waals surface area contributed by atoms with E-state index in [9.17, 15) is 0 Å². The van der Waals surface area contributed by atoms with Crippen molar-refractivity contribution in [3.05, 3.63) is 79.4 Å². The van der Waals surface area contributed by atoms with Crippen molar-refractivity contribution in [2.75, 3.05) is 0 Å². The van der Waals surface area contributed by atoms with Crippen molar-refractivity contribution in [2.24, 2.45) is 0 Å². The Hall–Kier alpha value is -3.54. The highest BCUT2D eigenvalue weighted by molar-refractivity contribution is 7.29. The van der Waals surface area contributed by atoms with Gasteiger partial charge in [0.05, 0.1) is 10.2 Å². The number of aromatic nitrogens is 3. The lowest BCUT2D eigenvalue weighted by Gasteiger charge is -2.11. The fourth-order valence-electron chi connectivity index (χ4n) is 5.10. The summed E-state index contributed by atoms with van der Waals surface area (Å²) >= 11 is 3.77. The SMILES string of the molecule is c1ccc2c(c1)sc1c2c2c3ccccc3sc2c2c1c1cnccc1c1nccn12. The molecule has 31 heavy (non-hydrogen) atoms. The zero-order valence-corrected chi connectivity index (χ0v) is 17.8. The molecule has 3 aromatic carbocycles. The first-order chi connectivity index (χ1) is 15.4. The van der Waals surface area contributed by atoms with Crippen LogP contribution in [0.15, 0.2) is 79.4 Å². The molecular weight excluding hydrogens is 418 g/mol. The number of benzene rings is 3. The predicted octanol–water partition coefficient (Wildman–Crippen LogP) is 7.77. The van der Waals surface area contributed by atoms with Crippen LogP contribution in [0, 0.1) is 0 Å². The highest BCUT2D eigenvalue weighted by atomic mass is 32.1. The van der Waals surface area contributed by atoms with E-state index < -0.39 is 0 Å². The number of hydrogen-bond donors (Lipinski definition) is 0. The smallest absolute Gasteiger partial charge is 0.145 e. The molecule has 0 aliphatic carbocycles. The molecule has 8 aromatic rings. The molecule has 144 valence electrons. The normalized spacial score (nSPS) is 12.5. The first-order valence-electron chi connectivity index (χ1n) is 10.2. The van der Waals surface area contributed by atoms with Gasteiger partial charge < -0.3 is 0 Å². The molecule has 0 radical (unpaired) electrons. The van der Waals surface area contributed by atoms with Crippen molar-refractivity contribution in [2.45, 2.75) is 0 Å². The molecule has 0 saturated heterocycles. The van der Waals surface area contributed by atoms with Gasteiger partial charge in [-0.15, -0.1) is 22.7 Å². The van der Waals surface area contributed by atoms with E-state index in [-0.39, 0.29) is 0 Å². The van der Waals surface area contributed by atoms with Crippen LogP contribution in [-0.4, -0.2) is 14.4 Å². The molecule has 8 rings (SSSR count). The summed E-state index contributed by atoms with van der Waals surface area (Å²) in [5, 5.41) is 8.99. The summed E-state index contributed by atoms with van der Waals surface area (Å²) < 4.78 is 7.58. The molecule has 0 spiro atoms. The minimum Gasteiger partial charge on any atom is -0.298 e. The lowest BCUT2D eigenvalue weighted by atomic mass is 10.00. The Balaban J connectivity index is 1.88. The molecule has 0 N–H and O–H groups in total. The number of hydrogen-bond acceptors (Lipinski definition) is 4. The molecule has 0 aliphatic heterocycles. The van der Waals surface area contributed by atoms with Crippen LogP contribution < -0.4 is 0 Å². The fourth-order valence-corrected chi connectivity index (χ4v) is 7.63. The minimum absolute atomic E-state index is 0.990. The Kier molecular flexibility index (Phi) is 2.91. The quantitative estimate of drug-likeness (QED) is 0.230. The predicted molar refractivity (Wildman–Crippen MR) is 134 cm³/mol. The summed E-state index contributed by atoms with van der Waals surface area (Å²) in [7, 11) is 0. The van der Waals surface area contributed by atoms with Crippen molar-refractivity contribution >= 4 is 90.3 Å². The van der Waals surface area contributed by atoms with Crippen molar-refractivity contribution < 1.29 is 0 Å². The van der Waals surface area contributed by atoms with Crippen LogP contribution in [-0.2, 0) is 0 Å². The number of nitrogens with zero attached hydrogens (tertiary/aromatic N) is 3. The van der Waals surface area contributed by atoms with Crippen molar-refractivity contribution in [1.82, 2.24) is 14.4 Å². The van der Waals surface area contributed by atoms with Gasteiger partial charge in [0.2, 0.25) is 0 Å². The lowest BCUT2D eigenvalue weighted by Crippen LogP contribution is -1.92. The topological polar surface area (TPSA) is 30.2 Å². The fraction of sp³-hybridized carbons (Fsp3) is 0. The standard InChI is InChI=1S/C26H13N3S2/c1-3-7-18-15(5-1)20-21-16-6-2-4-8-19(16)31-25(21)23-22(24(20)30-18)17-13-27-10-9-14(17)26-28-11-12-29(23)26/h1-13H. The molecule has 0 bridgehead atoms. The summed E-state index contributed by atoms with van der Waals surface area (Å²) in [6, 6.07) is 19.7. The van der Waals surface area contributed by atoms with Gasteiger partial charge in [-0.25, -0.2) is 4.98 Å². The third kappa shape index (κ3) is 1.89. The van der Waals surface area contributed by atoms with Gasteiger partial charge in [-0.05, 0) is 18.2 Å². The summed E-state index contributed by atoms with van der Waals surface area (Å²) in [5.74, 6) is 0. The van der Waals surface area contributed by atoms with Gasteiger partial charge >= 0.3 is 0 Å². The van der Waals surface area contributed by atoms with Gasteiger partial charge in [-0.3, -0.25) is 9.38 Å². The monoisotopic (exact) mass is 431 g/mol. The Morgan fingerprint density at radius 1 is 0.645 bits per heavy atom. The van der Waals surface area contributed by atoms with Crippen LogP contribution in [0.1, 0.15) is 0 Å². The van der Waals surface area contributed by atoms with E-state index in [1.165, 1.54) is 56.6 Å². The zero-order chi connectivity index (χ0) is 20.1. The second kappa shape index (κ2) is 5.58. The molecule has 0 amide bonds. The molecule has 3 nitrogen and oxygen atoms in total. The van der Waals surface area contributed by atoms with E-state index in [4.69, 9.17) is 4.98 Å². The van der Waals surface area contributed by atoms with Gasteiger partial charge in [-0.1, -0.05) is 36.4 Å². The lowest BCUT2D eigenvalue weighted by molar-refractivity contribution is 1.28. The molecule has 0 aliphatic rings. The molecule has 0 atom stereocenters. The third-order valence-electron chi connectivity index (χ3n) is 6.33. The van der Waals surface area contributed by atoms with E-state index >= 15 is 0 Å². The maximum atomic E-state index is 4.72. The average molecular weight is 432 g/mol. The van der Waals surface area contributed by atoms with Crippen LogP contribution in [0.25, 0.3) is 67.7 Å². The summed E-state index contributed by atoms with van der Waals surface area (Å²) in [6.07, 6.45) is 7.88. The summed E-state index contributed by atoms with van der Waals surface area (Å²) in [6.45, 7) is 0. The molecule has 5 heterocycles. The second-order valence-corrected chi connectivity index (χ2v) is 9.97. The molecule has 0 fully saturated rings. The molecule has 0 unspecified atom stereocenters. The van der Waals surface area contributed by atoms with Crippen molar-refractivity contribution in [3.8, 4) is 0 Å². The molecule has 5 heteroatoms. The van der Waals surface area contributed by atoms with Gasteiger partial charge in [0, 0.05) is 76.6 Å². The Morgan fingerprint density at radius 2 is 1.35 bits per heavy atom. The van der Waals surface area contributed by atoms with Gasteiger partial charge in [0.25, 0.3) is 0 Å². The van der Waals surface area contributed by atoms with Crippen LogP contribution >= 0.6 is 22.7 Å². The second-order valence-electron chi connectivity index (χ2n) is 7.87.